The van der Waals surface area contributed by atoms with E-state index in [4.69, 9.17) is 11.6 Å². The van der Waals surface area contributed by atoms with Crippen molar-refractivity contribution in [2.45, 2.75) is 25.8 Å². The first-order valence-electron chi connectivity index (χ1n) is 10.1. The Bertz CT molecular complexity index is 727. The standard InChI is InChI=1S/C23H30ClN3O/c1-26(22-6-3-2-4-7-22)15-5-14-25-23(28)20-12-16-27(17-13-20)18-19-8-10-21(24)11-9-19/h2-4,6-11,20H,5,12-18H2,1H3,(H,25,28). The van der Waals surface area contributed by atoms with Gasteiger partial charge in [-0.15, -0.1) is 0 Å². The van der Waals surface area contributed by atoms with Gasteiger partial charge in [-0.3, -0.25) is 9.69 Å². The summed E-state index contributed by atoms with van der Waals surface area (Å²) in [7, 11) is 2.09. The van der Waals surface area contributed by atoms with E-state index in [-0.39, 0.29) is 11.8 Å². The summed E-state index contributed by atoms with van der Waals surface area (Å²) < 4.78 is 0. The van der Waals surface area contributed by atoms with Crippen LogP contribution < -0.4 is 10.2 Å². The van der Waals surface area contributed by atoms with E-state index in [1.807, 2.05) is 30.3 Å². The third kappa shape index (κ3) is 6.25. The average molecular weight is 400 g/mol. The number of para-hydroxylation sites is 1. The minimum atomic E-state index is 0.147. The summed E-state index contributed by atoms with van der Waals surface area (Å²) in [5, 5.41) is 3.90. The predicted octanol–water partition coefficient (Wildman–Crippen LogP) is 4.19. The van der Waals surface area contributed by atoms with Gasteiger partial charge in [0.1, 0.15) is 0 Å². The number of anilines is 1. The van der Waals surface area contributed by atoms with Gasteiger partial charge >= 0.3 is 0 Å². The maximum absolute atomic E-state index is 12.5. The number of benzene rings is 2. The van der Waals surface area contributed by atoms with E-state index < -0.39 is 0 Å². The summed E-state index contributed by atoms with van der Waals surface area (Å²) in [6, 6.07) is 18.4. The lowest BCUT2D eigenvalue weighted by molar-refractivity contribution is -0.126. The molecule has 1 N–H and O–H groups in total. The van der Waals surface area contributed by atoms with Crippen molar-refractivity contribution in [3.8, 4) is 0 Å². The third-order valence-electron chi connectivity index (χ3n) is 5.44. The van der Waals surface area contributed by atoms with E-state index in [9.17, 15) is 4.79 Å². The molecule has 0 aliphatic carbocycles. The highest BCUT2D eigenvalue weighted by molar-refractivity contribution is 6.30. The average Bonchev–Trinajstić information content (AvgIpc) is 2.73. The van der Waals surface area contributed by atoms with E-state index in [2.05, 4.69) is 46.4 Å². The van der Waals surface area contributed by atoms with Gasteiger partial charge in [0.15, 0.2) is 0 Å². The van der Waals surface area contributed by atoms with Crippen LogP contribution in [0.2, 0.25) is 5.02 Å². The first-order valence-corrected chi connectivity index (χ1v) is 10.5. The molecule has 0 spiro atoms. The molecule has 1 saturated heterocycles. The molecule has 0 saturated carbocycles. The molecule has 0 radical (unpaired) electrons. The van der Waals surface area contributed by atoms with Gasteiger partial charge in [-0.1, -0.05) is 41.9 Å². The molecule has 150 valence electrons. The summed E-state index contributed by atoms with van der Waals surface area (Å²) in [4.78, 5) is 17.1. The maximum atomic E-state index is 12.5. The highest BCUT2D eigenvalue weighted by Gasteiger charge is 2.24. The van der Waals surface area contributed by atoms with Crippen LogP contribution in [0.25, 0.3) is 0 Å². The molecule has 0 unspecified atom stereocenters. The molecule has 3 rings (SSSR count). The van der Waals surface area contributed by atoms with E-state index in [1.165, 1.54) is 11.3 Å². The second kappa shape index (κ2) is 10.5. The molecule has 1 aliphatic rings. The Morgan fingerprint density at radius 1 is 1.11 bits per heavy atom. The lowest BCUT2D eigenvalue weighted by Gasteiger charge is -2.31. The first-order chi connectivity index (χ1) is 13.6. The largest absolute Gasteiger partial charge is 0.375 e. The fraction of sp³-hybridized carbons (Fsp3) is 0.435. The van der Waals surface area contributed by atoms with E-state index in [0.29, 0.717) is 0 Å². The molecule has 0 atom stereocenters. The monoisotopic (exact) mass is 399 g/mol. The maximum Gasteiger partial charge on any atom is 0.223 e. The number of amides is 1. The summed E-state index contributed by atoms with van der Waals surface area (Å²) in [5.41, 5.74) is 2.48. The molecule has 2 aromatic rings. The molecule has 1 fully saturated rings. The predicted molar refractivity (Wildman–Crippen MR) is 117 cm³/mol. The van der Waals surface area contributed by atoms with Crippen LogP contribution in [0.1, 0.15) is 24.8 Å². The van der Waals surface area contributed by atoms with Gasteiger partial charge in [0, 0.05) is 43.3 Å². The van der Waals surface area contributed by atoms with Gasteiger partial charge in [0.2, 0.25) is 5.91 Å². The summed E-state index contributed by atoms with van der Waals surface area (Å²) in [5.74, 6) is 0.363. The van der Waals surface area contributed by atoms with Gasteiger partial charge in [0.05, 0.1) is 0 Å². The second-order valence-corrected chi connectivity index (χ2v) is 8.02. The van der Waals surface area contributed by atoms with E-state index in [0.717, 1.165) is 57.0 Å². The smallest absolute Gasteiger partial charge is 0.223 e. The number of nitrogens with one attached hydrogen (secondary N) is 1. The van der Waals surface area contributed by atoms with Crippen LogP contribution in [0.4, 0.5) is 5.69 Å². The highest BCUT2D eigenvalue weighted by Crippen LogP contribution is 2.20. The van der Waals surface area contributed by atoms with Crippen LogP contribution in [0.15, 0.2) is 54.6 Å². The van der Waals surface area contributed by atoms with Crippen LogP contribution in [0.5, 0.6) is 0 Å². The zero-order valence-corrected chi connectivity index (χ0v) is 17.4. The molecule has 0 aromatic heterocycles. The van der Waals surface area contributed by atoms with Gasteiger partial charge in [0.25, 0.3) is 0 Å². The van der Waals surface area contributed by atoms with Crippen LogP contribution in [0.3, 0.4) is 0 Å². The fourth-order valence-corrected chi connectivity index (χ4v) is 3.81. The Labute approximate surface area is 173 Å². The Balaban J connectivity index is 1.32. The number of carbonyl (C=O) groups excluding carboxylic acids is 1. The van der Waals surface area contributed by atoms with Crippen molar-refractivity contribution < 1.29 is 4.79 Å². The quantitative estimate of drug-likeness (QED) is 0.676. The number of halogens is 1. The number of nitrogens with zero attached hydrogens (tertiary/aromatic N) is 2. The lowest BCUT2D eigenvalue weighted by atomic mass is 9.95. The third-order valence-corrected chi connectivity index (χ3v) is 5.70. The van der Waals surface area contributed by atoms with Crippen LogP contribution in [0, 0.1) is 5.92 Å². The van der Waals surface area contributed by atoms with Gasteiger partial charge in [-0.2, -0.15) is 0 Å². The molecular weight excluding hydrogens is 370 g/mol. The number of hydrogen-bond donors (Lipinski definition) is 1. The van der Waals surface area contributed by atoms with Gasteiger partial charge < -0.3 is 10.2 Å². The number of hydrogen-bond acceptors (Lipinski definition) is 3. The summed E-state index contributed by atoms with van der Waals surface area (Å²) >= 11 is 5.95. The Morgan fingerprint density at radius 2 is 1.79 bits per heavy atom. The van der Waals surface area contributed by atoms with Crippen LogP contribution in [-0.2, 0) is 11.3 Å². The van der Waals surface area contributed by atoms with E-state index in [1.54, 1.807) is 0 Å². The molecule has 4 nitrogen and oxygen atoms in total. The minimum Gasteiger partial charge on any atom is -0.375 e. The Kier molecular flexibility index (Phi) is 7.75. The van der Waals surface area contributed by atoms with Crippen molar-refractivity contribution >= 4 is 23.2 Å². The number of piperidine rings is 1. The van der Waals surface area contributed by atoms with Gasteiger partial charge in [-0.25, -0.2) is 0 Å². The van der Waals surface area contributed by atoms with E-state index >= 15 is 0 Å². The zero-order valence-electron chi connectivity index (χ0n) is 16.6. The Hall–Kier alpha value is -2.04. The van der Waals surface area contributed by atoms with Gasteiger partial charge in [-0.05, 0) is 62.2 Å². The normalized spacial score (nSPS) is 15.4. The van der Waals surface area contributed by atoms with Crippen LogP contribution >= 0.6 is 11.6 Å². The molecule has 1 heterocycles. The minimum absolute atomic E-state index is 0.147. The van der Waals surface area contributed by atoms with Crippen molar-refractivity contribution in [2.24, 2.45) is 5.92 Å². The van der Waals surface area contributed by atoms with Crippen molar-refractivity contribution in [2.75, 3.05) is 38.1 Å². The number of likely N-dealkylation sites (tertiary alicyclic amines) is 1. The molecule has 0 bridgehead atoms. The highest BCUT2D eigenvalue weighted by atomic mass is 35.5. The molecule has 1 amide bonds. The number of rotatable bonds is 8. The molecule has 5 heteroatoms. The SMILES string of the molecule is CN(CCCNC(=O)C1CCN(Cc2ccc(Cl)cc2)CC1)c1ccccc1. The zero-order chi connectivity index (χ0) is 19.8. The topological polar surface area (TPSA) is 35.6 Å². The lowest BCUT2D eigenvalue weighted by Crippen LogP contribution is -2.40. The van der Waals surface area contributed by atoms with Crippen LogP contribution in [-0.4, -0.2) is 44.0 Å². The molecule has 2 aromatic carbocycles. The molecule has 1 aliphatic heterocycles. The summed E-state index contributed by atoms with van der Waals surface area (Å²) in [6.45, 7) is 4.54. The fourth-order valence-electron chi connectivity index (χ4n) is 3.69. The second-order valence-electron chi connectivity index (χ2n) is 7.58. The molecular formula is C23H30ClN3O. The van der Waals surface area contributed by atoms with Crippen molar-refractivity contribution in [3.05, 3.63) is 65.2 Å². The van der Waals surface area contributed by atoms with Crippen molar-refractivity contribution in [1.82, 2.24) is 10.2 Å². The molecule has 28 heavy (non-hydrogen) atoms. The Morgan fingerprint density at radius 3 is 2.46 bits per heavy atom. The van der Waals surface area contributed by atoms with Crippen molar-refractivity contribution in [1.29, 1.82) is 0 Å². The first kappa shape index (κ1) is 20.7. The number of carbonyl (C=O) groups is 1. The summed E-state index contributed by atoms with van der Waals surface area (Å²) in [6.07, 6.45) is 2.82. The van der Waals surface area contributed by atoms with Crippen molar-refractivity contribution in [3.63, 3.8) is 0 Å².